The fourth-order valence-corrected chi connectivity index (χ4v) is 1.19. The van der Waals surface area contributed by atoms with Crippen molar-refractivity contribution in [2.45, 2.75) is 13.8 Å². The van der Waals surface area contributed by atoms with Crippen LogP contribution in [0.2, 0.25) is 5.15 Å². The predicted octanol–water partition coefficient (Wildman–Crippen LogP) is 2.15. The van der Waals surface area contributed by atoms with Gasteiger partial charge in [-0.05, 0) is 25.5 Å². The van der Waals surface area contributed by atoms with Gasteiger partial charge in [0.1, 0.15) is 10.8 Å². The van der Waals surface area contributed by atoms with Gasteiger partial charge in [-0.25, -0.2) is 4.79 Å². The summed E-state index contributed by atoms with van der Waals surface area (Å²) in [5, 5.41) is 0.454. The molecule has 4 heteroatoms. The molecule has 1 aromatic heterocycles. The number of hydrogen-bond acceptors (Lipinski definition) is 2. The molecule has 0 aliphatic carbocycles. The third-order valence-corrected chi connectivity index (χ3v) is 1.67. The minimum absolute atomic E-state index is 0.359. The summed E-state index contributed by atoms with van der Waals surface area (Å²) in [4.78, 5) is 13.9. The third-order valence-electron chi connectivity index (χ3n) is 1.46. The van der Waals surface area contributed by atoms with Crippen molar-refractivity contribution in [2.75, 3.05) is 6.61 Å². The normalized spacial score (nSPS) is 9.92. The van der Waals surface area contributed by atoms with Crippen LogP contribution < -0.4 is 0 Å². The molecule has 0 amide bonds. The lowest BCUT2D eigenvalue weighted by Gasteiger charge is -1.99. The van der Waals surface area contributed by atoms with E-state index < -0.39 is 0 Å². The lowest BCUT2D eigenvalue weighted by Crippen LogP contribution is -2.06. The van der Waals surface area contributed by atoms with Gasteiger partial charge >= 0.3 is 5.97 Å². The average Bonchev–Trinajstić information content (AvgIpc) is 2.30. The van der Waals surface area contributed by atoms with E-state index >= 15 is 0 Å². The second kappa shape index (κ2) is 3.63. The van der Waals surface area contributed by atoms with Crippen LogP contribution in [0.5, 0.6) is 0 Å². The number of esters is 1. The standard InChI is InChI=1S/C8H10ClNO2/c1-3-12-8(11)7-5(2)4-6(9)10-7/h4,10H,3H2,1-2H3. The molecule has 0 bridgehead atoms. The SMILES string of the molecule is CCOC(=O)c1[nH]c(Cl)cc1C. The van der Waals surface area contributed by atoms with Crippen molar-refractivity contribution < 1.29 is 9.53 Å². The molecule has 12 heavy (non-hydrogen) atoms. The van der Waals surface area contributed by atoms with Crippen molar-refractivity contribution >= 4 is 17.6 Å². The highest BCUT2D eigenvalue weighted by Crippen LogP contribution is 2.14. The molecule has 66 valence electrons. The summed E-state index contributed by atoms with van der Waals surface area (Å²) in [5.41, 5.74) is 1.24. The predicted molar refractivity (Wildman–Crippen MR) is 46.5 cm³/mol. The van der Waals surface area contributed by atoms with E-state index in [4.69, 9.17) is 16.3 Å². The van der Waals surface area contributed by atoms with Gasteiger partial charge in [0.15, 0.2) is 0 Å². The van der Waals surface area contributed by atoms with Crippen LogP contribution in [0, 0.1) is 6.92 Å². The Morgan fingerprint density at radius 2 is 2.42 bits per heavy atom. The number of halogens is 1. The zero-order chi connectivity index (χ0) is 9.14. The Morgan fingerprint density at radius 1 is 1.75 bits per heavy atom. The number of carbonyl (C=O) groups is 1. The Balaban J connectivity index is 2.87. The van der Waals surface area contributed by atoms with Crippen molar-refractivity contribution in [1.29, 1.82) is 0 Å². The maximum atomic E-state index is 11.2. The summed E-state index contributed by atoms with van der Waals surface area (Å²) in [6.45, 7) is 3.93. The van der Waals surface area contributed by atoms with Gasteiger partial charge in [0.2, 0.25) is 0 Å². The summed E-state index contributed by atoms with van der Waals surface area (Å²) in [5.74, 6) is -0.359. The van der Waals surface area contributed by atoms with Crippen molar-refractivity contribution in [2.24, 2.45) is 0 Å². The smallest absolute Gasteiger partial charge is 0.355 e. The maximum Gasteiger partial charge on any atom is 0.355 e. The molecule has 0 unspecified atom stereocenters. The fraction of sp³-hybridized carbons (Fsp3) is 0.375. The van der Waals surface area contributed by atoms with E-state index in [9.17, 15) is 4.79 Å². The second-order valence-corrected chi connectivity index (χ2v) is 2.80. The van der Waals surface area contributed by atoms with Crippen molar-refractivity contribution in [3.05, 3.63) is 22.5 Å². The quantitative estimate of drug-likeness (QED) is 0.721. The first-order chi connectivity index (χ1) is 5.65. The molecular formula is C8H10ClNO2. The van der Waals surface area contributed by atoms with Crippen LogP contribution in [0.3, 0.4) is 0 Å². The first kappa shape index (κ1) is 9.13. The molecule has 0 spiro atoms. The Hall–Kier alpha value is -0.960. The van der Waals surface area contributed by atoms with Crippen LogP contribution in [0.25, 0.3) is 0 Å². The molecule has 1 N–H and O–H groups in total. The second-order valence-electron chi connectivity index (χ2n) is 2.40. The zero-order valence-electron chi connectivity index (χ0n) is 6.98. The van der Waals surface area contributed by atoms with Gasteiger partial charge in [-0.15, -0.1) is 0 Å². The van der Waals surface area contributed by atoms with Crippen molar-refractivity contribution in [3.8, 4) is 0 Å². The molecule has 1 rings (SSSR count). The molecular weight excluding hydrogens is 178 g/mol. The van der Waals surface area contributed by atoms with E-state index in [2.05, 4.69) is 4.98 Å². The highest BCUT2D eigenvalue weighted by molar-refractivity contribution is 6.29. The number of aromatic nitrogens is 1. The zero-order valence-corrected chi connectivity index (χ0v) is 7.73. The Labute approximate surface area is 75.7 Å². The first-order valence-corrected chi connectivity index (χ1v) is 4.05. The Morgan fingerprint density at radius 3 is 2.83 bits per heavy atom. The number of nitrogens with one attached hydrogen (secondary N) is 1. The topological polar surface area (TPSA) is 42.1 Å². The van der Waals surface area contributed by atoms with Gasteiger partial charge < -0.3 is 9.72 Å². The van der Waals surface area contributed by atoms with Gasteiger partial charge in [-0.2, -0.15) is 0 Å². The highest BCUT2D eigenvalue weighted by Gasteiger charge is 2.12. The number of aromatic amines is 1. The van der Waals surface area contributed by atoms with E-state index in [-0.39, 0.29) is 5.97 Å². The molecule has 0 aromatic carbocycles. The molecule has 0 aliphatic rings. The lowest BCUT2D eigenvalue weighted by atomic mass is 10.3. The summed E-state index contributed by atoms with van der Waals surface area (Å²) in [7, 11) is 0. The van der Waals surface area contributed by atoms with Crippen LogP contribution in [0.1, 0.15) is 23.0 Å². The van der Waals surface area contributed by atoms with E-state index in [1.807, 2.05) is 0 Å². The Bertz CT molecular complexity index is 293. The number of rotatable bonds is 2. The van der Waals surface area contributed by atoms with Crippen LogP contribution in [0.4, 0.5) is 0 Å². The van der Waals surface area contributed by atoms with Crippen LogP contribution in [-0.2, 0) is 4.74 Å². The fourth-order valence-electron chi connectivity index (χ4n) is 0.932. The van der Waals surface area contributed by atoms with E-state index in [0.717, 1.165) is 5.56 Å². The minimum Gasteiger partial charge on any atom is -0.461 e. The summed E-state index contributed by atoms with van der Waals surface area (Å²) in [6.07, 6.45) is 0. The molecule has 0 saturated carbocycles. The van der Waals surface area contributed by atoms with Gasteiger partial charge in [-0.1, -0.05) is 11.6 Å². The van der Waals surface area contributed by atoms with Gasteiger partial charge in [0.05, 0.1) is 6.61 Å². The molecule has 0 fully saturated rings. The molecule has 0 aliphatic heterocycles. The highest BCUT2D eigenvalue weighted by atomic mass is 35.5. The summed E-state index contributed by atoms with van der Waals surface area (Å²) < 4.78 is 4.79. The van der Waals surface area contributed by atoms with Crippen LogP contribution in [0.15, 0.2) is 6.07 Å². The Kier molecular flexibility index (Phi) is 2.76. The van der Waals surface area contributed by atoms with Crippen LogP contribution >= 0.6 is 11.6 Å². The number of hydrogen-bond donors (Lipinski definition) is 1. The summed E-state index contributed by atoms with van der Waals surface area (Å²) >= 11 is 5.65. The number of H-pyrrole nitrogens is 1. The van der Waals surface area contributed by atoms with Gasteiger partial charge in [-0.3, -0.25) is 0 Å². The summed E-state index contributed by atoms with van der Waals surface area (Å²) in [6, 6.07) is 1.69. The molecule has 1 aromatic rings. The van der Waals surface area contributed by atoms with Gasteiger partial charge in [0, 0.05) is 0 Å². The average molecular weight is 188 g/mol. The molecule has 1 heterocycles. The largest absolute Gasteiger partial charge is 0.461 e. The molecule has 3 nitrogen and oxygen atoms in total. The maximum absolute atomic E-state index is 11.2. The third kappa shape index (κ3) is 1.80. The molecule has 0 radical (unpaired) electrons. The molecule has 0 saturated heterocycles. The molecule has 0 atom stereocenters. The minimum atomic E-state index is -0.359. The monoisotopic (exact) mass is 187 g/mol. The number of carbonyl (C=O) groups excluding carboxylic acids is 1. The van der Waals surface area contributed by atoms with E-state index in [1.165, 1.54) is 0 Å². The van der Waals surface area contributed by atoms with E-state index in [0.29, 0.717) is 17.5 Å². The number of ether oxygens (including phenoxy) is 1. The number of aryl methyl sites for hydroxylation is 1. The van der Waals surface area contributed by atoms with Gasteiger partial charge in [0.25, 0.3) is 0 Å². The lowest BCUT2D eigenvalue weighted by molar-refractivity contribution is 0.0519. The van der Waals surface area contributed by atoms with E-state index in [1.54, 1.807) is 19.9 Å². The van der Waals surface area contributed by atoms with Crippen molar-refractivity contribution in [1.82, 2.24) is 4.98 Å². The van der Waals surface area contributed by atoms with Crippen LogP contribution in [-0.4, -0.2) is 17.6 Å². The first-order valence-electron chi connectivity index (χ1n) is 3.67. The van der Waals surface area contributed by atoms with Crippen molar-refractivity contribution in [3.63, 3.8) is 0 Å².